The van der Waals surface area contributed by atoms with Crippen LogP contribution in [-0.4, -0.2) is 12.1 Å². The van der Waals surface area contributed by atoms with Crippen molar-refractivity contribution >= 4 is 10.9 Å². The Morgan fingerprint density at radius 1 is 1.06 bits per heavy atom. The van der Waals surface area contributed by atoms with Gasteiger partial charge in [-0.1, -0.05) is 100.0 Å². The van der Waals surface area contributed by atoms with E-state index in [0.29, 0.717) is 5.76 Å². The van der Waals surface area contributed by atoms with Crippen LogP contribution >= 0.6 is 0 Å². The molecule has 0 radical (unpaired) electrons. The summed E-state index contributed by atoms with van der Waals surface area (Å²) in [6.45, 7) is 17.4. The van der Waals surface area contributed by atoms with Gasteiger partial charge in [0.2, 0.25) is 0 Å². The van der Waals surface area contributed by atoms with E-state index >= 15 is 0 Å². The lowest BCUT2D eigenvalue weighted by molar-refractivity contribution is 0.275. The Labute approximate surface area is 192 Å². The second-order valence-electron chi connectivity index (χ2n) is 7.04. The quantitative estimate of drug-likeness (QED) is 0.310. The predicted molar refractivity (Wildman–Crippen MR) is 138 cm³/mol. The van der Waals surface area contributed by atoms with Gasteiger partial charge in [0.05, 0.1) is 24.2 Å². The van der Waals surface area contributed by atoms with E-state index in [4.69, 9.17) is 9.72 Å². The molecule has 3 nitrogen and oxygen atoms in total. The lowest BCUT2D eigenvalue weighted by Gasteiger charge is -2.26. The first-order valence-corrected chi connectivity index (χ1v) is 10.5. The van der Waals surface area contributed by atoms with Crippen molar-refractivity contribution in [2.24, 2.45) is 5.73 Å². The van der Waals surface area contributed by atoms with Crippen molar-refractivity contribution in [3.05, 3.63) is 128 Å². The van der Waals surface area contributed by atoms with Gasteiger partial charge in [0, 0.05) is 10.9 Å². The number of allylic oxidation sites excluding steroid dienone is 4. The normalized spacial score (nSPS) is 11.6. The first-order valence-electron chi connectivity index (χ1n) is 10.5. The van der Waals surface area contributed by atoms with Gasteiger partial charge in [-0.2, -0.15) is 0 Å². The van der Waals surface area contributed by atoms with Crippen LogP contribution in [0.1, 0.15) is 24.0 Å². The Bertz CT molecular complexity index is 1130. The van der Waals surface area contributed by atoms with Crippen molar-refractivity contribution in [1.29, 1.82) is 0 Å². The molecule has 0 aliphatic carbocycles. The molecule has 1 atom stereocenters. The molecule has 0 bridgehead atoms. The molecule has 2 N–H and O–H groups in total. The highest BCUT2D eigenvalue weighted by Gasteiger charge is 2.26. The maximum Gasteiger partial charge on any atom is 0.100 e. The number of para-hydroxylation sites is 1. The molecule has 1 unspecified atom stereocenters. The minimum absolute atomic E-state index is 0.166. The molecule has 1 heterocycles. The molecule has 0 amide bonds. The maximum absolute atomic E-state index is 5.65. The van der Waals surface area contributed by atoms with Gasteiger partial charge in [-0.3, -0.25) is 0 Å². The fourth-order valence-corrected chi connectivity index (χ4v) is 3.85. The summed E-state index contributed by atoms with van der Waals surface area (Å²) in [5.74, 6) is 0.504. The van der Waals surface area contributed by atoms with Crippen LogP contribution in [0.2, 0.25) is 0 Å². The molecule has 0 saturated heterocycles. The van der Waals surface area contributed by atoms with E-state index in [2.05, 4.69) is 63.2 Å². The minimum Gasteiger partial charge on any atom is -0.501 e. The summed E-state index contributed by atoms with van der Waals surface area (Å²) >= 11 is 0. The third kappa shape index (κ3) is 5.25. The largest absolute Gasteiger partial charge is 0.501 e. The number of benzene rings is 2. The van der Waals surface area contributed by atoms with Crippen molar-refractivity contribution in [1.82, 2.24) is 4.98 Å². The van der Waals surface area contributed by atoms with Crippen molar-refractivity contribution in [3.8, 4) is 11.3 Å². The highest BCUT2D eigenvalue weighted by molar-refractivity contribution is 5.89. The summed E-state index contributed by atoms with van der Waals surface area (Å²) in [5, 5.41) is 1.10. The molecular weight excluding hydrogens is 392 g/mol. The first-order chi connectivity index (χ1) is 15.6. The van der Waals surface area contributed by atoms with Crippen LogP contribution in [0, 0.1) is 0 Å². The van der Waals surface area contributed by atoms with Crippen LogP contribution in [0.15, 0.2) is 117 Å². The summed E-state index contributed by atoms with van der Waals surface area (Å²) < 4.78 is 5.65. The average Bonchev–Trinajstić information content (AvgIpc) is 2.83. The Morgan fingerprint density at radius 2 is 1.69 bits per heavy atom. The number of methoxy groups -OCH3 is 1. The smallest absolute Gasteiger partial charge is 0.100 e. The van der Waals surface area contributed by atoms with E-state index in [9.17, 15) is 0 Å². The number of pyridine rings is 1. The number of hydrogen-bond donors (Lipinski definition) is 1. The summed E-state index contributed by atoms with van der Waals surface area (Å²) in [6, 6.07) is 18.6. The van der Waals surface area contributed by atoms with Crippen molar-refractivity contribution in [2.75, 3.05) is 7.11 Å². The van der Waals surface area contributed by atoms with Crippen LogP contribution in [0.5, 0.6) is 0 Å². The molecule has 164 valence electrons. The zero-order valence-corrected chi connectivity index (χ0v) is 19.1. The summed E-state index contributed by atoms with van der Waals surface area (Å²) in [4.78, 5) is 5.04. The fraction of sp³-hybridized carbons (Fsp3) is 0.138. The van der Waals surface area contributed by atoms with Crippen LogP contribution in [-0.2, 0) is 11.2 Å². The van der Waals surface area contributed by atoms with Gasteiger partial charge in [-0.15, -0.1) is 0 Å². The van der Waals surface area contributed by atoms with E-state index in [1.54, 1.807) is 13.2 Å². The van der Waals surface area contributed by atoms with Crippen LogP contribution in [0.4, 0.5) is 0 Å². The van der Waals surface area contributed by atoms with Crippen molar-refractivity contribution in [3.63, 3.8) is 0 Å². The van der Waals surface area contributed by atoms with Gasteiger partial charge < -0.3 is 10.5 Å². The Hall–Kier alpha value is -3.85. The second-order valence-corrected chi connectivity index (χ2v) is 7.04. The number of fused-ring (bicyclic) bond motifs is 1. The van der Waals surface area contributed by atoms with Crippen LogP contribution < -0.4 is 5.73 Å². The van der Waals surface area contributed by atoms with Gasteiger partial charge in [0.15, 0.2) is 0 Å². The van der Waals surface area contributed by atoms with Gasteiger partial charge in [0.25, 0.3) is 0 Å². The number of ether oxygens (including phenoxy) is 1. The van der Waals surface area contributed by atoms with Crippen LogP contribution in [0.25, 0.3) is 22.2 Å². The zero-order chi connectivity index (χ0) is 23.5. The highest BCUT2D eigenvalue weighted by Crippen LogP contribution is 2.41. The number of aromatic nitrogens is 1. The van der Waals surface area contributed by atoms with Gasteiger partial charge in [0.1, 0.15) is 5.76 Å². The number of nitrogens with zero attached hydrogens (tertiary/aromatic N) is 1. The summed E-state index contributed by atoms with van der Waals surface area (Å²) in [6.07, 6.45) is 7.69. The number of rotatable bonds is 8. The fourth-order valence-electron chi connectivity index (χ4n) is 3.85. The highest BCUT2D eigenvalue weighted by atomic mass is 16.5. The molecule has 3 aromatic rings. The SMILES string of the molecule is C=C/C=C(\C=C)C(C(=C)OC)c1c(CC)c(-c2ccccc2)nc2ccccc12.C=CN. The zero-order valence-electron chi connectivity index (χ0n) is 19.1. The average molecular weight is 425 g/mol. The van der Waals surface area contributed by atoms with E-state index in [1.807, 2.05) is 42.5 Å². The molecule has 3 heteroatoms. The Kier molecular flexibility index (Phi) is 9.24. The van der Waals surface area contributed by atoms with E-state index in [0.717, 1.165) is 39.7 Å². The molecule has 0 spiro atoms. The molecule has 0 aliphatic rings. The van der Waals surface area contributed by atoms with E-state index < -0.39 is 0 Å². The van der Waals surface area contributed by atoms with Crippen molar-refractivity contribution in [2.45, 2.75) is 19.3 Å². The summed E-state index contributed by atoms with van der Waals surface area (Å²) in [5.41, 5.74) is 11.0. The lowest BCUT2D eigenvalue weighted by atomic mass is 9.82. The van der Waals surface area contributed by atoms with Gasteiger partial charge in [-0.25, -0.2) is 4.98 Å². The van der Waals surface area contributed by atoms with Gasteiger partial charge in [-0.05, 0) is 35.4 Å². The van der Waals surface area contributed by atoms with Crippen molar-refractivity contribution < 1.29 is 4.74 Å². The standard InChI is InChI=1S/C27H27NO.C2H5N/c1-6-14-20(7-2)25(19(4)29-5)26-22(8-3)27(21-15-10-9-11-16-21)28-24-18-13-12-17-23(24)26;1-2-3/h6-7,9-18,25H,1-2,4,8H2,3,5H3;2H,1,3H2/b20-14+;. The molecule has 0 fully saturated rings. The third-order valence-electron chi connectivity index (χ3n) is 5.19. The summed E-state index contributed by atoms with van der Waals surface area (Å²) in [7, 11) is 1.66. The molecule has 3 rings (SSSR count). The maximum atomic E-state index is 5.65. The number of hydrogen-bond acceptors (Lipinski definition) is 3. The Balaban J connectivity index is 0.00000114. The van der Waals surface area contributed by atoms with E-state index in [1.165, 1.54) is 11.8 Å². The molecule has 32 heavy (non-hydrogen) atoms. The predicted octanol–water partition coefficient (Wildman–Crippen LogP) is 7.09. The topological polar surface area (TPSA) is 48.1 Å². The molecular formula is C29H32N2O. The third-order valence-corrected chi connectivity index (χ3v) is 5.19. The molecule has 0 saturated carbocycles. The van der Waals surface area contributed by atoms with E-state index in [-0.39, 0.29) is 5.92 Å². The second kappa shape index (κ2) is 12.1. The first kappa shape index (κ1) is 24.4. The molecule has 0 aliphatic heterocycles. The van der Waals surface area contributed by atoms with Gasteiger partial charge >= 0.3 is 0 Å². The molecule has 1 aromatic heterocycles. The molecule has 2 aromatic carbocycles. The minimum atomic E-state index is -0.166. The lowest BCUT2D eigenvalue weighted by Crippen LogP contribution is -2.12. The van der Waals surface area contributed by atoms with Crippen LogP contribution in [0.3, 0.4) is 0 Å². The Morgan fingerprint density at radius 3 is 2.25 bits per heavy atom. The monoisotopic (exact) mass is 424 g/mol. The number of nitrogens with two attached hydrogens (primary N) is 1.